The van der Waals surface area contributed by atoms with Gasteiger partial charge in [0.25, 0.3) is 10.2 Å². The average Bonchev–Trinajstić information content (AvgIpc) is 2.65. The molecule has 158 valence electrons. The number of nitrogens with one attached hydrogen (secondary N) is 1. The fourth-order valence-corrected chi connectivity index (χ4v) is 5.08. The molecule has 1 aliphatic heterocycles. The first-order chi connectivity index (χ1) is 13.0. The molecule has 0 bridgehead atoms. The Morgan fingerprint density at radius 3 is 2.32 bits per heavy atom. The van der Waals surface area contributed by atoms with Crippen molar-refractivity contribution in [2.24, 2.45) is 5.92 Å². The van der Waals surface area contributed by atoms with E-state index in [0.29, 0.717) is 25.8 Å². The van der Waals surface area contributed by atoms with Gasteiger partial charge >= 0.3 is 0 Å². The number of piperidine rings is 1. The lowest BCUT2D eigenvalue weighted by molar-refractivity contribution is -0.126. The van der Waals surface area contributed by atoms with Crippen LogP contribution in [0.25, 0.3) is 0 Å². The van der Waals surface area contributed by atoms with Crippen LogP contribution in [0.15, 0.2) is 29.2 Å². The summed E-state index contributed by atoms with van der Waals surface area (Å²) in [6, 6.07) is 6.21. The molecule has 2 atom stereocenters. The van der Waals surface area contributed by atoms with Gasteiger partial charge in [0.15, 0.2) is 9.84 Å². The zero-order chi connectivity index (χ0) is 21.1. The van der Waals surface area contributed by atoms with Gasteiger partial charge in [-0.3, -0.25) is 4.79 Å². The van der Waals surface area contributed by atoms with Crippen molar-refractivity contribution in [2.45, 2.75) is 37.1 Å². The van der Waals surface area contributed by atoms with Gasteiger partial charge < -0.3 is 5.32 Å². The molecule has 1 aromatic rings. The molecular weight excluding hydrogens is 402 g/mol. The minimum Gasteiger partial charge on any atom is -0.349 e. The van der Waals surface area contributed by atoms with Crippen LogP contribution in [0.5, 0.6) is 0 Å². The highest BCUT2D eigenvalue weighted by atomic mass is 32.2. The highest BCUT2D eigenvalue weighted by Crippen LogP contribution is 2.23. The molecule has 1 N–H and O–H groups in total. The van der Waals surface area contributed by atoms with Gasteiger partial charge in [0.05, 0.1) is 16.9 Å². The molecule has 1 saturated heterocycles. The third-order valence-electron chi connectivity index (χ3n) is 4.98. The van der Waals surface area contributed by atoms with Crippen molar-refractivity contribution < 1.29 is 21.6 Å². The molecule has 10 heteroatoms. The molecular formula is C18H29N3O5S2. The standard InChI is InChI=1S/C18H29N3O5S2/c1-5-17(14-8-10-16(11-9-14)27(4,23)24)19-18(22)15-7-6-12-21(13-15)28(25,26)20(2)3/h8-11,15,17H,5-7,12-13H2,1-4H3,(H,19,22)/t15-,17+/m1/s1. The summed E-state index contributed by atoms with van der Waals surface area (Å²) in [4.78, 5) is 13.0. The monoisotopic (exact) mass is 431 g/mol. The predicted octanol–water partition coefficient (Wildman–Crippen LogP) is 1.18. The Morgan fingerprint density at radius 2 is 1.82 bits per heavy atom. The molecule has 8 nitrogen and oxygen atoms in total. The molecule has 0 aromatic heterocycles. The summed E-state index contributed by atoms with van der Waals surface area (Å²) in [7, 11) is -3.86. The van der Waals surface area contributed by atoms with Gasteiger partial charge in [0, 0.05) is 33.4 Å². The van der Waals surface area contributed by atoms with Crippen LogP contribution >= 0.6 is 0 Å². The topological polar surface area (TPSA) is 104 Å². The maximum Gasteiger partial charge on any atom is 0.281 e. The first-order valence-corrected chi connectivity index (χ1v) is 12.5. The van der Waals surface area contributed by atoms with Gasteiger partial charge in [0.1, 0.15) is 0 Å². The van der Waals surface area contributed by atoms with Crippen molar-refractivity contribution in [1.82, 2.24) is 13.9 Å². The Bertz CT molecular complexity index is 896. The highest BCUT2D eigenvalue weighted by Gasteiger charge is 2.34. The zero-order valence-corrected chi connectivity index (χ0v) is 18.4. The van der Waals surface area contributed by atoms with Crippen molar-refractivity contribution in [3.63, 3.8) is 0 Å². The molecule has 1 amide bonds. The van der Waals surface area contributed by atoms with E-state index in [4.69, 9.17) is 0 Å². The third kappa shape index (κ3) is 5.31. The largest absolute Gasteiger partial charge is 0.349 e. The van der Waals surface area contributed by atoms with E-state index in [0.717, 1.165) is 16.1 Å². The summed E-state index contributed by atoms with van der Waals surface area (Å²) in [6.45, 7) is 2.50. The third-order valence-corrected chi connectivity index (χ3v) is 8.01. The summed E-state index contributed by atoms with van der Waals surface area (Å²) < 4.78 is 50.4. The number of rotatable bonds is 7. The number of hydrogen-bond donors (Lipinski definition) is 1. The van der Waals surface area contributed by atoms with Gasteiger partial charge in [-0.15, -0.1) is 0 Å². The maximum atomic E-state index is 12.8. The van der Waals surface area contributed by atoms with E-state index in [9.17, 15) is 21.6 Å². The molecule has 1 aromatic carbocycles. The summed E-state index contributed by atoms with van der Waals surface area (Å²) in [6.07, 6.45) is 3.05. The fourth-order valence-electron chi connectivity index (χ4n) is 3.25. The molecule has 0 radical (unpaired) electrons. The van der Waals surface area contributed by atoms with Crippen molar-refractivity contribution >= 4 is 26.0 Å². The summed E-state index contributed by atoms with van der Waals surface area (Å²) >= 11 is 0. The number of sulfone groups is 1. The second-order valence-electron chi connectivity index (χ2n) is 7.30. The Morgan fingerprint density at radius 1 is 1.21 bits per heavy atom. The Kier molecular flexibility index (Phi) is 7.24. The second-order valence-corrected chi connectivity index (χ2v) is 11.5. The zero-order valence-electron chi connectivity index (χ0n) is 16.8. The van der Waals surface area contributed by atoms with Gasteiger partial charge in [-0.25, -0.2) is 8.42 Å². The minimum atomic E-state index is -3.54. The van der Waals surface area contributed by atoms with E-state index < -0.39 is 26.0 Å². The van der Waals surface area contributed by atoms with Crippen LogP contribution < -0.4 is 5.32 Å². The molecule has 0 aliphatic carbocycles. The molecule has 1 aliphatic rings. The SMILES string of the molecule is CC[C@H](NC(=O)[C@@H]1CCCN(S(=O)(=O)N(C)C)C1)c1ccc(S(C)(=O)=O)cc1. The normalized spacial score (nSPS) is 20.1. The van der Waals surface area contributed by atoms with Crippen molar-refractivity contribution in [3.8, 4) is 0 Å². The minimum absolute atomic E-state index is 0.162. The quantitative estimate of drug-likeness (QED) is 0.698. The average molecular weight is 432 g/mol. The fraction of sp³-hybridized carbons (Fsp3) is 0.611. The number of nitrogens with zero attached hydrogens (tertiary/aromatic N) is 2. The predicted molar refractivity (Wildman–Crippen MR) is 108 cm³/mol. The molecule has 2 rings (SSSR count). The Balaban J connectivity index is 2.09. The van der Waals surface area contributed by atoms with Crippen LogP contribution in [-0.2, 0) is 24.8 Å². The van der Waals surface area contributed by atoms with Gasteiger partial charge in [0.2, 0.25) is 5.91 Å². The van der Waals surface area contributed by atoms with E-state index in [1.54, 1.807) is 12.1 Å². The smallest absolute Gasteiger partial charge is 0.281 e. The second kappa shape index (κ2) is 8.89. The summed E-state index contributed by atoms with van der Waals surface area (Å²) in [5.41, 5.74) is 0.817. The number of benzene rings is 1. The Labute approximate surface area is 168 Å². The van der Waals surface area contributed by atoms with E-state index in [2.05, 4.69) is 5.32 Å². The molecule has 0 saturated carbocycles. The first kappa shape index (κ1) is 22.8. The van der Waals surface area contributed by atoms with Crippen molar-refractivity contribution in [1.29, 1.82) is 0 Å². The number of carbonyl (C=O) groups is 1. The molecule has 28 heavy (non-hydrogen) atoms. The number of hydrogen-bond acceptors (Lipinski definition) is 5. The molecule has 1 heterocycles. The highest BCUT2D eigenvalue weighted by molar-refractivity contribution is 7.90. The molecule has 1 fully saturated rings. The van der Waals surface area contributed by atoms with Crippen LogP contribution in [-0.4, -0.2) is 64.8 Å². The first-order valence-electron chi connectivity index (χ1n) is 9.24. The van der Waals surface area contributed by atoms with E-state index in [1.807, 2.05) is 6.92 Å². The van der Waals surface area contributed by atoms with Gasteiger partial charge in [-0.1, -0.05) is 19.1 Å². The van der Waals surface area contributed by atoms with Crippen LogP contribution in [0.4, 0.5) is 0 Å². The van der Waals surface area contributed by atoms with Crippen LogP contribution in [0.1, 0.15) is 37.8 Å². The van der Waals surface area contributed by atoms with Crippen LogP contribution in [0.3, 0.4) is 0 Å². The van der Waals surface area contributed by atoms with E-state index >= 15 is 0 Å². The lowest BCUT2D eigenvalue weighted by atomic mass is 9.97. The molecule has 0 spiro atoms. The van der Waals surface area contributed by atoms with E-state index in [-0.39, 0.29) is 23.4 Å². The summed E-state index contributed by atoms with van der Waals surface area (Å²) in [5.74, 6) is -0.592. The summed E-state index contributed by atoms with van der Waals surface area (Å²) in [5, 5.41) is 2.99. The Hall–Kier alpha value is -1.49. The van der Waals surface area contributed by atoms with Gasteiger partial charge in [-0.05, 0) is 37.0 Å². The van der Waals surface area contributed by atoms with Crippen LogP contribution in [0.2, 0.25) is 0 Å². The lowest BCUT2D eigenvalue weighted by Gasteiger charge is -2.33. The van der Waals surface area contributed by atoms with Crippen LogP contribution in [0, 0.1) is 5.92 Å². The van der Waals surface area contributed by atoms with E-state index in [1.165, 1.54) is 30.5 Å². The van der Waals surface area contributed by atoms with Gasteiger partial charge in [-0.2, -0.15) is 17.0 Å². The lowest BCUT2D eigenvalue weighted by Crippen LogP contribution is -2.49. The number of amides is 1. The van der Waals surface area contributed by atoms with Crippen molar-refractivity contribution in [3.05, 3.63) is 29.8 Å². The molecule has 0 unspecified atom stereocenters. The number of carbonyl (C=O) groups excluding carboxylic acids is 1. The maximum absolute atomic E-state index is 12.8. The van der Waals surface area contributed by atoms with Crippen molar-refractivity contribution in [2.75, 3.05) is 33.4 Å².